The molecule has 6 nitrogen and oxygen atoms in total. The summed E-state index contributed by atoms with van der Waals surface area (Å²) in [4.78, 5) is 0. The number of nitrogens with one attached hydrogen (secondary N) is 2. The Morgan fingerprint density at radius 2 is 1.76 bits per heavy atom. The van der Waals surface area contributed by atoms with Crippen LogP contribution in [0.3, 0.4) is 0 Å². The fraction of sp³-hybridized carbons (Fsp3) is 0.273. The van der Waals surface area contributed by atoms with Gasteiger partial charge in [-0.3, -0.25) is 4.68 Å². The lowest BCUT2D eigenvalue weighted by Gasteiger charge is -2.12. The Bertz CT molecular complexity index is 928. The largest absolute Gasteiger partial charge is 0.490 e. The minimum Gasteiger partial charge on any atom is -0.490 e. The lowest BCUT2D eigenvalue weighted by atomic mass is 10.2. The number of anilines is 1. The number of hydrogen-bond acceptors (Lipinski definition) is 4. The van der Waals surface area contributed by atoms with E-state index in [1.54, 1.807) is 6.20 Å². The number of thiocarbonyl (C=S) groups is 1. The first-order valence-electron chi connectivity index (χ1n) is 9.67. The van der Waals surface area contributed by atoms with Gasteiger partial charge in [0, 0.05) is 12.7 Å². The zero-order chi connectivity index (χ0) is 20.5. The van der Waals surface area contributed by atoms with Crippen LogP contribution in [-0.4, -0.2) is 28.1 Å². The van der Waals surface area contributed by atoms with Gasteiger partial charge in [0.05, 0.1) is 31.6 Å². The highest BCUT2D eigenvalue weighted by molar-refractivity contribution is 7.80. The first-order chi connectivity index (χ1) is 14.2. The van der Waals surface area contributed by atoms with E-state index in [-0.39, 0.29) is 0 Å². The Balaban J connectivity index is 1.57. The SMILES string of the molecule is CCOc1ccc(Cn2cc(NC(=S)NCc3ccccc3)cn2)cc1OCC. The molecule has 3 rings (SSSR count). The average Bonchev–Trinajstić information content (AvgIpc) is 3.16. The minimum atomic E-state index is 0.563. The van der Waals surface area contributed by atoms with E-state index >= 15 is 0 Å². The normalized spacial score (nSPS) is 10.4. The smallest absolute Gasteiger partial charge is 0.171 e. The quantitative estimate of drug-likeness (QED) is 0.515. The van der Waals surface area contributed by atoms with Gasteiger partial charge in [-0.1, -0.05) is 36.4 Å². The van der Waals surface area contributed by atoms with E-state index in [1.807, 2.05) is 61.1 Å². The summed E-state index contributed by atoms with van der Waals surface area (Å²) in [6, 6.07) is 16.1. The van der Waals surface area contributed by atoms with Crippen LogP contribution >= 0.6 is 12.2 Å². The number of aromatic nitrogens is 2. The summed E-state index contributed by atoms with van der Waals surface area (Å²) in [5, 5.41) is 11.3. The molecular weight excluding hydrogens is 384 g/mol. The van der Waals surface area contributed by atoms with E-state index in [2.05, 4.69) is 27.9 Å². The molecule has 0 spiro atoms. The molecule has 1 aromatic heterocycles. The van der Waals surface area contributed by atoms with Crippen molar-refractivity contribution in [1.82, 2.24) is 15.1 Å². The number of rotatable bonds is 9. The highest BCUT2D eigenvalue weighted by Gasteiger charge is 2.08. The third-order valence-corrected chi connectivity index (χ3v) is 4.39. The first-order valence-corrected chi connectivity index (χ1v) is 10.1. The number of nitrogens with zero attached hydrogens (tertiary/aromatic N) is 2. The number of benzene rings is 2. The molecule has 0 radical (unpaired) electrons. The molecule has 29 heavy (non-hydrogen) atoms. The van der Waals surface area contributed by atoms with Crippen molar-refractivity contribution in [2.24, 2.45) is 0 Å². The van der Waals surface area contributed by atoms with Crippen LogP contribution in [0.15, 0.2) is 60.9 Å². The number of ether oxygens (including phenoxy) is 2. The van der Waals surface area contributed by atoms with Crippen molar-refractivity contribution in [2.75, 3.05) is 18.5 Å². The summed E-state index contributed by atoms with van der Waals surface area (Å²) in [5.41, 5.74) is 3.09. The predicted octanol–water partition coefficient (Wildman–Crippen LogP) is 4.22. The Labute approximate surface area is 176 Å². The first kappa shape index (κ1) is 20.7. The highest BCUT2D eigenvalue weighted by atomic mass is 32.1. The van der Waals surface area contributed by atoms with Gasteiger partial charge < -0.3 is 20.1 Å². The average molecular weight is 411 g/mol. The Morgan fingerprint density at radius 3 is 2.52 bits per heavy atom. The van der Waals surface area contributed by atoms with Crippen molar-refractivity contribution in [3.63, 3.8) is 0 Å². The molecule has 0 aliphatic heterocycles. The monoisotopic (exact) mass is 410 g/mol. The molecule has 2 N–H and O–H groups in total. The molecule has 0 atom stereocenters. The fourth-order valence-corrected chi connectivity index (χ4v) is 3.04. The van der Waals surface area contributed by atoms with Gasteiger partial charge in [0.15, 0.2) is 16.6 Å². The van der Waals surface area contributed by atoms with Gasteiger partial charge in [-0.05, 0) is 49.3 Å². The van der Waals surface area contributed by atoms with E-state index in [0.29, 0.717) is 31.4 Å². The molecular formula is C22H26N4O2S. The summed E-state index contributed by atoms with van der Waals surface area (Å²) in [7, 11) is 0. The minimum absolute atomic E-state index is 0.563. The molecule has 2 aromatic carbocycles. The fourth-order valence-electron chi connectivity index (χ4n) is 2.85. The van der Waals surface area contributed by atoms with Gasteiger partial charge in [0.1, 0.15) is 0 Å². The van der Waals surface area contributed by atoms with Crippen molar-refractivity contribution in [3.05, 3.63) is 72.1 Å². The van der Waals surface area contributed by atoms with Crippen LogP contribution < -0.4 is 20.1 Å². The summed E-state index contributed by atoms with van der Waals surface area (Å²) in [6.07, 6.45) is 3.68. The Kier molecular flexibility index (Phi) is 7.47. The van der Waals surface area contributed by atoms with Crippen LogP contribution in [0.5, 0.6) is 11.5 Å². The van der Waals surface area contributed by atoms with Crippen molar-refractivity contribution in [3.8, 4) is 11.5 Å². The van der Waals surface area contributed by atoms with Crippen molar-refractivity contribution >= 4 is 23.0 Å². The zero-order valence-electron chi connectivity index (χ0n) is 16.7. The van der Waals surface area contributed by atoms with Crippen molar-refractivity contribution in [2.45, 2.75) is 26.9 Å². The van der Waals surface area contributed by atoms with Crippen LogP contribution in [0.2, 0.25) is 0 Å². The van der Waals surface area contributed by atoms with E-state index < -0.39 is 0 Å². The molecule has 1 heterocycles. The van der Waals surface area contributed by atoms with Gasteiger partial charge in [0.2, 0.25) is 0 Å². The third-order valence-electron chi connectivity index (χ3n) is 4.14. The standard InChI is InChI=1S/C22H26N4O2S/c1-3-27-20-11-10-18(12-21(20)28-4-2)15-26-16-19(14-24-26)25-22(29)23-13-17-8-6-5-7-9-17/h5-12,14,16H,3-4,13,15H2,1-2H3,(H2,23,25,29). The highest BCUT2D eigenvalue weighted by Crippen LogP contribution is 2.28. The maximum Gasteiger partial charge on any atom is 0.171 e. The molecule has 3 aromatic rings. The van der Waals surface area contributed by atoms with Gasteiger partial charge in [-0.2, -0.15) is 5.10 Å². The van der Waals surface area contributed by atoms with E-state index in [0.717, 1.165) is 22.7 Å². The molecule has 0 amide bonds. The van der Waals surface area contributed by atoms with Crippen LogP contribution in [-0.2, 0) is 13.1 Å². The Morgan fingerprint density at radius 1 is 1.00 bits per heavy atom. The second-order valence-electron chi connectivity index (χ2n) is 6.37. The second-order valence-corrected chi connectivity index (χ2v) is 6.78. The van der Waals surface area contributed by atoms with Crippen molar-refractivity contribution < 1.29 is 9.47 Å². The van der Waals surface area contributed by atoms with Gasteiger partial charge in [0.25, 0.3) is 0 Å². The molecule has 0 aliphatic rings. The maximum atomic E-state index is 5.70. The Hall–Kier alpha value is -3.06. The van der Waals surface area contributed by atoms with E-state index in [4.69, 9.17) is 21.7 Å². The molecule has 0 fully saturated rings. The molecule has 0 unspecified atom stereocenters. The summed E-state index contributed by atoms with van der Waals surface area (Å²) in [5.74, 6) is 1.51. The summed E-state index contributed by atoms with van der Waals surface area (Å²) >= 11 is 5.37. The van der Waals surface area contributed by atoms with Crippen molar-refractivity contribution in [1.29, 1.82) is 0 Å². The molecule has 0 saturated heterocycles. The van der Waals surface area contributed by atoms with E-state index in [1.165, 1.54) is 5.56 Å². The lowest BCUT2D eigenvalue weighted by molar-refractivity contribution is 0.287. The van der Waals surface area contributed by atoms with Crippen LogP contribution in [0.1, 0.15) is 25.0 Å². The van der Waals surface area contributed by atoms with Gasteiger partial charge in [-0.15, -0.1) is 0 Å². The topological polar surface area (TPSA) is 60.3 Å². The molecule has 0 bridgehead atoms. The van der Waals surface area contributed by atoms with Crippen LogP contribution in [0, 0.1) is 0 Å². The summed E-state index contributed by atoms with van der Waals surface area (Å²) in [6.45, 7) is 6.41. The molecule has 7 heteroatoms. The van der Waals surface area contributed by atoms with Gasteiger partial charge in [-0.25, -0.2) is 0 Å². The second kappa shape index (κ2) is 10.5. The molecule has 152 valence electrons. The molecule has 0 aliphatic carbocycles. The lowest BCUT2D eigenvalue weighted by Crippen LogP contribution is -2.27. The van der Waals surface area contributed by atoms with E-state index in [9.17, 15) is 0 Å². The maximum absolute atomic E-state index is 5.70. The number of hydrogen-bond donors (Lipinski definition) is 2. The zero-order valence-corrected chi connectivity index (χ0v) is 17.5. The summed E-state index contributed by atoms with van der Waals surface area (Å²) < 4.78 is 13.2. The van der Waals surface area contributed by atoms with Crippen LogP contribution in [0.4, 0.5) is 5.69 Å². The third kappa shape index (κ3) is 6.22. The predicted molar refractivity (Wildman–Crippen MR) is 120 cm³/mol. The van der Waals surface area contributed by atoms with Gasteiger partial charge >= 0.3 is 0 Å². The molecule has 0 saturated carbocycles. The van der Waals surface area contributed by atoms with Crippen LogP contribution in [0.25, 0.3) is 0 Å².